The van der Waals surface area contributed by atoms with Gasteiger partial charge in [0, 0.05) is 31.9 Å². The standard InChI is InChI=1S/C20H24FN3O3S/c1-15-5-3-8-19(16(15)2)22-20(25)14-23-9-11-24(12-10-23)28(26,27)18-7-4-6-17(21)13-18/h3-8,13H,9-12,14H2,1-2H3,(H,22,25). The van der Waals surface area contributed by atoms with Crippen LogP contribution in [0.15, 0.2) is 47.4 Å². The number of rotatable bonds is 5. The first-order chi connectivity index (χ1) is 13.3. The summed E-state index contributed by atoms with van der Waals surface area (Å²) in [6.07, 6.45) is 0. The minimum Gasteiger partial charge on any atom is -0.325 e. The number of piperazine rings is 1. The zero-order valence-electron chi connectivity index (χ0n) is 16.0. The lowest BCUT2D eigenvalue weighted by molar-refractivity contribution is -0.117. The van der Waals surface area contributed by atoms with E-state index in [0.29, 0.717) is 13.1 Å². The second kappa shape index (κ2) is 8.38. The summed E-state index contributed by atoms with van der Waals surface area (Å²) in [5.41, 5.74) is 2.92. The predicted molar refractivity (Wildman–Crippen MR) is 106 cm³/mol. The smallest absolute Gasteiger partial charge is 0.243 e. The molecule has 150 valence electrons. The summed E-state index contributed by atoms with van der Waals surface area (Å²) in [5.74, 6) is -0.710. The molecule has 1 aliphatic heterocycles. The third kappa shape index (κ3) is 4.57. The van der Waals surface area contributed by atoms with Gasteiger partial charge in [0.15, 0.2) is 0 Å². The fourth-order valence-electron chi connectivity index (χ4n) is 3.18. The Kier molecular flexibility index (Phi) is 6.12. The Hall–Kier alpha value is -2.29. The van der Waals surface area contributed by atoms with E-state index in [9.17, 15) is 17.6 Å². The summed E-state index contributed by atoms with van der Waals surface area (Å²) < 4.78 is 40.0. The quantitative estimate of drug-likeness (QED) is 0.829. The molecule has 1 saturated heterocycles. The first-order valence-corrected chi connectivity index (χ1v) is 10.6. The van der Waals surface area contributed by atoms with E-state index in [2.05, 4.69) is 5.32 Å². The van der Waals surface area contributed by atoms with E-state index in [4.69, 9.17) is 0 Å². The Morgan fingerprint density at radius 1 is 1.07 bits per heavy atom. The lowest BCUT2D eigenvalue weighted by atomic mass is 10.1. The summed E-state index contributed by atoms with van der Waals surface area (Å²) in [7, 11) is -3.73. The molecule has 0 bridgehead atoms. The van der Waals surface area contributed by atoms with Crippen molar-refractivity contribution in [2.24, 2.45) is 0 Å². The number of carbonyl (C=O) groups excluding carboxylic acids is 1. The number of aryl methyl sites for hydroxylation is 1. The third-order valence-electron chi connectivity index (χ3n) is 5.01. The molecule has 8 heteroatoms. The number of carbonyl (C=O) groups is 1. The monoisotopic (exact) mass is 405 g/mol. The van der Waals surface area contributed by atoms with Crippen LogP contribution < -0.4 is 5.32 Å². The maximum Gasteiger partial charge on any atom is 0.243 e. The molecule has 1 fully saturated rings. The van der Waals surface area contributed by atoms with Gasteiger partial charge in [0.1, 0.15) is 5.82 Å². The molecule has 0 radical (unpaired) electrons. The summed E-state index contributed by atoms with van der Waals surface area (Å²) in [6, 6.07) is 10.8. The maximum absolute atomic E-state index is 13.4. The van der Waals surface area contributed by atoms with Gasteiger partial charge in [0.25, 0.3) is 0 Å². The van der Waals surface area contributed by atoms with Crippen LogP contribution in [0.1, 0.15) is 11.1 Å². The zero-order valence-corrected chi connectivity index (χ0v) is 16.8. The van der Waals surface area contributed by atoms with Gasteiger partial charge < -0.3 is 5.32 Å². The van der Waals surface area contributed by atoms with Crippen LogP contribution in [0, 0.1) is 19.7 Å². The molecule has 28 heavy (non-hydrogen) atoms. The first-order valence-electron chi connectivity index (χ1n) is 9.11. The number of hydrogen-bond acceptors (Lipinski definition) is 4. The Morgan fingerprint density at radius 2 is 1.75 bits per heavy atom. The molecule has 3 rings (SSSR count). The van der Waals surface area contributed by atoms with E-state index >= 15 is 0 Å². The van der Waals surface area contributed by atoms with Crippen LogP contribution in [0.3, 0.4) is 0 Å². The van der Waals surface area contributed by atoms with Gasteiger partial charge in [-0.3, -0.25) is 9.69 Å². The summed E-state index contributed by atoms with van der Waals surface area (Å²) in [6.45, 7) is 5.54. The van der Waals surface area contributed by atoms with Crippen molar-refractivity contribution in [1.29, 1.82) is 0 Å². The highest BCUT2D eigenvalue weighted by Crippen LogP contribution is 2.20. The van der Waals surface area contributed by atoms with Gasteiger partial charge in [-0.05, 0) is 49.2 Å². The maximum atomic E-state index is 13.4. The van der Waals surface area contributed by atoms with Crippen molar-refractivity contribution in [3.05, 3.63) is 59.4 Å². The number of sulfonamides is 1. The number of halogens is 1. The van der Waals surface area contributed by atoms with Gasteiger partial charge in [-0.2, -0.15) is 4.31 Å². The second-order valence-electron chi connectivity index (χ2n) is 6.93. The molecule has 0 unspecified atom stereocenters. The van der Waals surface area contributed by atoms with Crippen molar-refractivity contribution in [2.75, 3.05) is 38.0 Å². The number of nitrogens with zero attached hydrogens (tertiary/aromatic N) is 2. The second-order valence-corrected chi connectivity index (χ2v) is 8.87. The SMILES string of the molecule is Cc1cccc(NC(=O)CN2CCN(S(=O)(=O)c3cccc(F)c3)CC2)c1C. The van der Waals surface area contributed by atoms with Crippen LogP contribution >= 0.6 is 0 Å². The van der Waals surface area contributed by atoms with Crippen molar-refractivity contribution < 1.29 is 17.6 Å². The van der Waals surface area contributed by atoms with E-state index in [0.717, 1.165) is 22.9 Å². The van der Waals surface area contributed by atoms with Crippen LogP contribution in [0.25, 0.3) is 0 Å². The van der Waals surface area contributed by atoms with E-state index in [1.807, 2.05) is 36.9 Å². The number of benzene rings is 2. The van der Waals surface area contributed by atoms with Crippen LogP contribution in [-0.2, 0) is 14.8 Å². The lowest BCUT2D eigenvalue weighted by Gasteiger charge is -2.33. The highest BCUT2D eigenvalue weighted by Gasteiger charge is 2.29. The molecule has 1 heterocycles. The van der Waals surface area contributed by atoms with Crippen LogP contribution in [0.2, 0.25) is 0 Å². The van der Waals surface area contributed by atoms with Crippen molar-refractivity contribution in [3.63, 3.8) is 0 Å². The van der Waals surface area contributed by atoms with Gasteiger partial charge in [-0.15, -0.1) is 0 Å². The molecule has 0 saturated carbocycles. The molecule has 1 amide bonds. The third-order valence-corrected chi connectivity index (χ3v) is 6.91. The fraction of sp³-hybridized carbons (Fsp3) is 0.350. The highest BCUT2D eigenvalue weighted by molar-refractivity contribution is 7.89. The fourth-order valence-corrected chi connectivity index (χ4v) is 4.64. The lowest BCUT2D eigenvalue weighted by Crippen LogP contribution is -2.50. The molecule has 1 aliphatic rings. The van der Waals surface area contributed by atoms with E-state index in [1.165, 1.54) is 22.5 Å². The first kappa shape index (κ1) is 20.4. The van der Waals surface area contributed by atoms with Crippen LogP contribution in [-0.4, -0.2) is 56.3 Å². The normalized spacial score (nSPS) is 16.1. The van der Waals surface area contributed by atoms with Gasteiger partial charge in [-0.1, -0.05) is 18.2 Å². The van der Waals surface area contributed by atoms with E-state index < -0.39 is 15.8 Å². The molecule has 0 spiro atoms. The van der Waals surface area contributed by atoms with Crippen molar-refractivity contribution >= 4 is 21.6 Å². The summed E-state index contributed by atoms with van der Waals surface area (Å²) in [4.78, 5) is 14.2. The van der Waals surface area contributed by atoms with E-state index in [1.54, 1.807) is 0 Å². The molecule has 0 atom stereocenters. The Labute approximate surface area is 165 Å². The van der Waals surface area contributed by atoms with Crippen LogP contribution in [0.5, 0.6) is 0 Å². The van der Waals surface area contributed by atoms with Gasteiger partial charge in [-0.25, -0.2) is 12.8 Å². The van der Waals surface area contributed by atoms with Gasteiger partial charge in [0.05, 0.1) is 11.4 Å². The van der Waals surface area contributed by atoms with Crippen molar-refractivity contribution in [1.82, 2.24) is 9.21 Å². The highest BCUT2D eigenvalue weighted by atomic mass is 32.2. The molecule has 2 aromatic carbocycles. The predicted octanol–water partition coefficient (Wildman–Crippen LogP) is 2.39. The van der Waals surface area contributed by atoms with Gasteiger partial charge in [0.2, 0.25) is 15.9 Å². The van der Waals surface area contributed by atoms with Crippen molar-refractivity contribution in [3.8, 4) is 0 Å². The van der Waals surface area contributed by atoms with E-state index in [-0.39, 0.29) is 30.4 Å². The number of anilines is 1. The number of hydrogen-bond donors (Lipinski definition) is 1. The minimum atomic E-state index is -3.73. The largest absolute Gasteiger partial charge is 0.325 e. The number of nitrogens with one attached hydrogen (secondary N) is 1. The summed E-state index contributed by atoms with van der Waals surface area (Å²) in [5, 5.41) is 2.92. The Bertz CT molecular complexity index is 970. The van der Waals surface area contributed by atoms with Crippen molar-refractivity contribution in [2.45, 2.75) is 18.7 Å². The minimum absolute atomic E-state index is 0.0476. The molecule has 0 aliphatic carbocycles. The molecule has 6 nitrogen and oxygen atoms in total. The van der Waals surface area contributed by atoms with Crippen LogP contribution in [0.4, 0.5) is 10.1 Å². The molecule has 2 aromatic rings. The number of amides is 1. The zero-order chi connectivity index (χ0) is 20.3. The molecular weight excluding hydrogens is 381 g/mol. The molecule has 0 aromatic heterocycles. The topological polar surface area (TPSA) is 69.7 Å². The average Bonchev–Trinajstić information content (AvgIpc) is 2.66. The summed E-state index contributed by atoms with van der Waals surface area (Å²) >= 11 is 0. The van der Waals surface area contributed by atoms with Gasteiger partial charge >= 0.3 is 0 Å². The molecular formula is C20H24FN3O3S. The Balaban J connectivity index is 1.56. The molecule has 1 N–H and O–H groups in total. The Morgan fingerprint density at radius 3 is 2.43 bits per heavy atom. The average molecular weight is 405 g/mol.